The van der Waals surface area contributed by atoms with Crippen molar-refractivity contribution in [1.82, 2.24) is 14.3 Å². The molecule has 0 bridgehead atoms. The molecule has 0 radical (unpaired) electrons. The quantitative estimate of drug-likeness (QED) is 0.455. The summed E-state index contributed by atoms with van der Waals surface area (Å²) in [6, 6.07) is 12.0. The Morgan fingerprint density at radius 2 is 1.90 bits per heavy atom. The summed E-state index contributed by atoms with van der Waals surface area (Å²) in [4.78, 5) is 12.2. The van der Waals surface area contributed by atoms with E-state index in [9.17, 15) is 9.18 Å². The monoisotopic (exact) mass is 407 g/mol. The number of hydrogen-bond donors (Lipinski definition) is 0. The number of nitrogens with zero attached hydrogens (tertiary/aromatic N) is 3. The standard InChI is InChI=1S/C23H22FN3O3/c1-23(2,3)30-22(28)26-11-10-17(14-26)27-13-16-9-8-15(12-19(16)25-27)21-18(24)6-5-7-20(21)29-4/h5-14H,1-4H3. The van der Waals surface area contributed by atoms with Crippen LogP contribution in [0.25, 0.3) is 27.7 Å². The Morgan fingerprint density at radius 1 is 1.10 bits per heavy atom. The maximum absolute atomic E-state index is 14.4. The predicted octanol–water partition coefficient (Wildman–Crippen LogP) is 5.42. The molecule has 7 heteroatoms. The Morgan fingerprint density at radius 3 is 2.63 bits per heavy atom. The molecule has 0 N–H and O–H groups in total. The third-order valence-corrected chi connectivity index (χ3v) is 4.54. The number of rotatable bonds is 3. The van der Waals surface area contributed by atoms with Crippen molar-refractivity contribution in [2.75, 3.05) is 7.11 Å². The molecule has 2 aromatic heterocycles. The van der Waals surface area contributed by atoms with Crippen LogP contribution in [0.3, 0.4) is 0 Å². The van der Waals surface area contributed by atoms with Crippen LogP contribution in [-0.2, 0) is 4.74 Å². The number of aromatic nitrogens is 3. The van der Waals surface area contributed by atoms with Crippen LogP contribution in [-0.4, -0.2) is 33.2 Å². The van der Waals surface area contributed by atoms with Gasteiger partial charge in [-0.25, -0.2) is 13.9 Å². The largest absolute Gasteiger partial charge is 0.496 e. The van der Waals surface area contributed by atoms with Gasteiger partial charge in [-0.3, -0.25) is 4.57 Å². The fourth-order valence-electron chi connectivity index (χ4n) is 3.21. The molecule has 0 fully saturated rings. The Balaban J connectivity index is 1.68. The summed E-state index contributed by atoms with van der Waals surface area (Å²) >= 11 is 0. The van der Waals surface area contributed by atoms with E-state index in [0.717, 1.165) is 5.39 Å². The Kier molecular flexibility index (Phi) is 4.81. The van der Waals surface area contributed by atoms with E-state index in [0.29, 0.717) is 28.1 Å². The van der Waals surface area contributed by atoms with Gasteiger partial charge in [0.15, 0.2) is 0 Å². The van der Waals surface area contributed by atoms with E-state index in [1.807, 2.05) is 45.2 Å². The van der Waals surface area contributed by atoms with Crippen LogP contribution in [0.2, 0.25) is 0 Å². The molecule has 0 aliphatic heterocycles. The first kappa shape index (κ1) is 19.7. The van der Waals surface area contributed by atoms with E-state index in [4.69, 9.17) is 9.47 Å². The second kappa shape index (κ2) is 7.33. The van der Waals surface area contributed by atoms with Crippen LogP contribution in [0.5, 0.6) is 5.75 Å². The zero-order valence-corrected chi connectivity index (χ0v) is 17.2. The van der Waals surface area contributed by atoms with Crippen molar-refractivity contribution in [1.29, 1.82) is 0 Å². The number of halogens is 1. The van der Waals surface area contributed by atoms with Crippen molar-refractivity contribution in [3.05, 3.63) is 66.9 Å². The Labute approximate surface area is 173 Å². The number of methoxy groups -OCH3 is 1. The molecule has 2 heterocycles. The van der Waals surface area contributed by atoms with E-state index in [1.54, 1.807) is 35.3 Å². The predicted molar refractivity (Wildman–Crippen MR) is 113 cm³/mol. The van der Waals surface area contributed by atoms with Gasteiger partial charge in [0, 0.05) is 24.0 Å². The fraction of sp³-hybridized carbons (Fsp3) is 0.217. The highest BCUT2D eigenvalue weighted by molar-refractivity contribution is 5.86. The lowest BCUT2D eigenvalue weighted by Crippen LogP contribution is -2.26. The van der Waals surface area contributed by atoms with Crippen molar-refractivity contribution in [3.63, 3.8) is 0 Å². The van der Waals surface area contributed by atoms with Crippen LogP contribution in [0.15, 0.2) is 61.1 Å². The molecule has 6 nitrogen and oxygen atoms in total. The number of carbonyl (C=O) groups excluding carboxylic acids is 1. The minimum Gasteiger partial charge on any atom is -0.496 e. The van der Waals surface area contributed by atoms with E-state index >= 15 is 0 Å². The second-order valence-corrected chi connectivity index (χ2v) is 7.92. The summed E-state index contributed by atoms with van der Waals surface area (Å²) in [5.74, 6) is 0.103. The highest BCUT2D eigenvalue weighted by Gasteiger charge is 2.18. The average Bonchev–Trinajstić information content (AvgIpc) is 3.32. The lowest BCUT2D eigenvalue weighted by atomic mass is 10.0. The third-order valence-electron chi connectivity index (χ3n) is 4.54. The number of benzene rings is 2. The van der Waals surface area contributed by atoms with Crippen molar-refractivity contribution >= 4 is 17.0 Å². The Bertz CT molecular complexity index is 1230. The molecular weight excluding hydrogens is 385 g/mol. The molecule has 0 spiro atoms. The number of hydrogen-bond acceptors (Lipinski definition) is 4. The normalized spacial score (nSPS) is 11.6. The van der Waals surface area contributed by atoms with Gasteiger partial charge in [-0.1, -0.05) is 18.2 Å². The number of carbonyl (C=O) groups is 1. The van der Waals surface area contributed by atoms with Crippen LogP contribution in [0.1, 0.15) is 20.8 Å². The van der Waals surface area contributed by atoms with Crippen molar-refractivity contribution in [2.24, 2.45) is 0 Å². The van der Waals surface area contributed by atoms with Crippen LogP contribution in [0.4, 0.5) is 9.18 Å². The zero-order valence-electron chi connectivity index (χ0n) is 17.2. The second-order valence-electron chi connectivity index (χ2n) is 7.92. The molecule has 2 aromatic carbocycles. The van der Waals surface area contributed by atoms with Crippen molar-refractivity contribution in [3.8, 4) is 22.6 Å². The van der Waals surface area contributed by atoms with Crippen LogP contribution in [0, 0.1) is 5.82 Å². The van der Waals surface area contributed by atoms with E-state index in [1.165, 1.54) is 17.7 Å². The van der Waals surface area contributed by atoms with E-state index < -0.39 is 11.7 Å². The van der Waals surface area contributed by atoms with E-state index in [2.05, 4.69) is 5.10 Å². The molecule has 154 valence electrons. The van der Waals surface area contributed by atoms with Crippen molar-refractivity contribution < 1.29 is 18.7 Å². The van der Waals surface area contributed by atoms with Gasteiger partial charge in [-0.2, -0.15) is 5.10 Å². The zero-order chi connectivity index (χ0) is 21.5. The first-order valence-corrected chi connectivity index (χ1v) is 9.49. The van der Waals surface area contributed by atoms with Crippen LogP contribution < -0.4 is 4.74 Å². The molecule has 4 rings (SSSR count). The molecule has 0 saturated heterocycles. The summed E-state index contributed by atoms with van der Waals surface area (Å²) in [5.41, 5.74) is 1.90. The van der Waals surface area contributed by atoms with Gasteiger partial charge in [-0.15, -0.1) is 0 Å². The summed E-state index contributed by atoms with van der Waals surface area (Å²) in [5, 5.41) is 5.48. The molecule has 0 aliphatic rings. The number of fused-ring (bicyclic) bond motifs is 1. The fourth-order valence-corrected chi connectivity index (χ4v) is 3.21. The molecule has 0 unspecified atom stereocenters. The summed E-state index contributed by atoms with van der Waals surface area (Å²) < 4.78 is 28.2. The maximum atomic E-state index is 14.4. The van der Waals surface area contributed by atoms with Gasteiger partial charge in [0.25, 0.3) is 0 Å². The minimum absolute atomic E-state index is 0.359. The van der Waals surface area contributed by atoms with Gasteiger partial charge in [0.05, 0.1) is 23.9 Å². The lowest BCUT2D eigenvalue weighted by molar-refractivity contribution is 0.0537. The smallest absolute Gasteiger partial charge is 0.418 e. The first-order chi connectivity index (χ1) is 14.2. The summed E-state index contributed by atoms with van der Waals surface area (Å²) in [6.07, 6.45) is 4.68. The molecule has 0 amide bonds. The van der Waals surface area contributed by atoms with Gasteiger partial charge in [-0.05, 0) is 50.6 Å². The highest BCUT2D eigenvalue weighted by atomic mass is 19.1. The number of ether oxygens (including phenoxy) is 2. The molecule has 0 atom stereocenters. The van der Waals surface area contributed by atoms with Gasteiger partial charge in [0.1, 0.15) is 17.2 Å². The summed E-state index contributed by atoms with van der Waals surface area (Å²) in [6.45, 7) is 5.45. The molecule has 0 saturated carbocycles. The minimum atomic E-state index is -0.577. The molecule has 30 heavy (non-hydrogen) atoms. The first-order valence-electron chi connectivity index (χ1n) is 9.49. The third kappa shape index (κ3) is 3.78. The molecule has 4 aromatic rings. The molecular formula is C23H22FN3O3. The topological polar surface area (TPSA) is 58.3 Å². The van der Waals surface area contributed by atoms with Crippen molar-refractivity contribution in [2.45, 2.75) is 26.4 Å². The van der Waals surface area contributed by atoms with Gasteiger partial charge >= 0.3 is 6.09 Å². The van der Waals surface area contributed by atoms with Gasteiger partial charge in [0.2, 0.25) is 0 Å². The average molecular weight is 407 g/mol. The molecule has 0 aliphatic carbocycles. The van der Waals surface area contributed by atoms with Gasteiger partial charge < -0.3 is 9.47 Å². The lowest BCUT2D eigenvalue weighted by Gasteiger charge is -2.19. The Hall–Kier alpha value is -3.61. The highest BCUT2D eigenvalue weighted by Crippen LogP contribution is 2.34. The SMILES string of the molecule is COc1cccc(F)c1-c1ccc2cn(-c3ccn(C(=O)OC(C)(C)C)c3)nc2c1. The maximum Gasteiger partial charge on any atom is 0.418 e. The van der Waals surface area contributed by atoms with Crippen LogP contribution >= 0.6 is 0 Å². The summed E-state index contributed by atoms with van der Waals surface area (Å²) in [7, 11) is 1.51. The van der Waals surface area contributed by atoms with E-state index in [-0.39, 0.29) is 5.82 Å².